The minimum Gasteiger partial charge on any atom is -0.294 e. The standard InChI is InChI=1S/C12H13NO/c1-3-4-5-6-12(14)11-9-13-8-7-10(11)2/h7-9H,5-6H2,1-2H3. The van der Waals surface area contributed by atoms with Gasteiger partial charge >= 0.3 is 0 Å². The molecular formula is C12H13NO. The van der Waals surface area contributed by atoms with E-state index in [1.165, 1.54) is 0 Å². The zero-order chi connectivity index (χ0) is 10.4. The maximum absolute atomic E-state index is 11.6. The summed E-state index contributed by atoms with van der Waals surface area (Å²) in [6.07, 6.45) is 4.42. The number of aromatic nitrogens is 1. The van der Waals surface area contributed by atoms with E-state index in [-0.39, 0.29) is 5.78 Å². The molecule has 2 nitrogen and oxygen atoms in total. The van der Waals surface area contributed by atoms with E-state index in [0.29, 0.717) is 18.4 Å². The Morgan fingerprint density at radius 3 is 3.00 bits per heavy atom. The Kier molecular flexibility index (Phi) is 3.87. The van der Waals surface area contributed by atoms with Crippen molar-refractivity contribution in [3.8, 4) is 11.8 Å². The second-order valence-electron chi connectivity index (χ2n) is 3.04. The molecule has 0 bridgehead atoms. The fourth-order valence-corrected chi connectivity index (χ4v) is 1.19. The van der Waals surface area contributed by atoms with E-state index in [4.69, 9.17) is 0 Å². The van der Waals surface area contributed by atoms with Crippen molar-refractivity contribution in [2.45, 2.75) is 26.7 Å². The quantitative estimate of drug-likeness (QED) is 0.537. The number of carbonyl (C=O) groups is 1. The van der Waals surface area contributed by atoms with Crippen LogP contribution in [0.25, 0.3) is 0 Å². The molecule has 0 unspecified atom stereocenters. The predicted octanol–water partition coefficient (Wildman–Crippen LogP) is 2.38. The molecule has 0 aliphatic rings. The van der Waals surface area contributed by atoms with Crippen LogP contribution in [0.3, 0.4) is 0 Å². The minimum atomic E-state index is 0.123. The van der Waals surface area contributed by atoms with Crippen LogP contribution in [-0.4, -0.2) is 10.8 Å². The molecule has 0 atom stereocenters. The fourth-order valence-electron chi connectivity index (χ4n) is 1.19. The molecule has 0 aliphatic heterocycles. The third-order valence-corrected chi connectivity index (χ3v) is 1.99. The number of Topliss-reactive ketones (excluding diaryl/α,β-unsaturated/α-hetero) is 1. The van der Waals surface area contributed by atoms with Gasteiger partial charge in [0.15, 0.2) is 5.78 Å². The van der Waals surface area contributed by atoms with E-state index in [1.54, 1.807) is 19.3 Å². The third kappa shape index (κ3) is 2.70. The lowest BCUT2D eigenvalue weighted by molar-refractivity contribution is 0.0983. The highest BCUT2D eigenvalue weighted by atomic mass is 16.1. The summed E-state index contributed by atoms with van der Waals surface area (Å²) in [4.78, 5) is 15.6. The topological polar surface area (TPSA) is 30.0 Å². The van der Waals surface area contributed by atoms with Crippen LogP contribution in [0.15, 0.2) is 18.5 Å². The Balaban J connectivity index is 2.68. The van der Waals surface area contributed by atoms with Crippen molar-refractivity contribution in [2.24, 2.45) is 0 Å². The molecule has 0 saturated carbocycles. The number of aryl methyl sites for hydroxylation is 1. The van der Waals surface area contributed by atoms with Crippen LogP contribution in [0.2, 0.25) is 0 Å². The van der Waals surface area contributed by atoms with E-state index in [1.807, 2.05) is 13.0 Å². The maximum atomic E-state index is 11.6. The Morgan fingerprint density at radius 2 is 2.36 bits per heavy atom. The molecule has 0 N–H and O–H groups in total. The number of pyridine rings is 1. The molecule has 1 heterocycles. The summed E-state index contributed by atoms with van der Waals surface area (Å²) < 4.78 is 0. The first kappa shape index (κ1) is 10.5. The van der Waals surface area contributed by atoms with Gasteiger partial charge in [-0.1, -0.05) is 0 Å². The van der Waals surface area contributed by atoms with Gasteiger partial charge in [0.05, 0.1) is 0 Å². The van der Waals surface area contributed by atoms with Crippen molar-refractivity contribution in [3.05, 3.63) is 29.6 Å². The fraction of sp³-hybridized carbons (Fsp3) is 0.333. The summed E-state index contributed by atoms with van der Waals surface area (Å²) in [6, 6.07) is 1.85. The lowest BCUT2D eigenvalue weighted by Gasteiger charge is -2.01. The van der Waals surface area contributed by atoms with E-state index in [0.717, 1.165) is 5.56 Å². The number of carbonyl (C=O) groups excluding carboxylic acids is 1. The molecule has 1 aromatic rings. The second-order valence-corrected chi connectivity index (χ2v) is 3.04. The lowest BCUT2D eigenvalue weighted by Crippen LogP contribution is -2.01. The Morgan fingerprint density at radius 1 is 1.57 bits per heavy atom. The largest absolute Gasteiger partial charge is 0.294 e. The zero-order valence-corrected chi connectivity index (χ0v) is 8.50. The van der Waals surface area contributed by atoms with Crippen molar-refractivity contribution in [3.63, 3.8) is 0 Å². The monoisotopic (exact) mass is 187 g/mol. The minimum absolute atomic E-state index is 0.123. The second kappa shape index (κ2) is 5.18. The molecular weight excluding hydrogens is 174 g/mol. The number of hydrogen-bond donors (Lipinski definition) is 0. The van der Waals surface area contributed by atoms with Gasteiger partial charge in [-0.05, 0) is 25.5 Å². The van der Waals surface area contributed by atoms with Gasteiger partial charge in [0, 0.05) is 30.8 Å². The molecule has 0 aliphatic carbocycles. The van der Waals surface area contributed by atoms with Gasteiger partial charge < -0.3 is 0 Å². The van der Waals surface area contributed by atoms with Crippen LogP contribution in [0.5, 0.6) is 0 Å². The van der Waals surface area contributed by atoms with Crippen molar-refractivity contribution in [1.82, 2.24) is 4.98 Å². The van der Waals surface area contributed by atoms with Crippen LogP contribution in [-0.2, 0) is 0 Å². The predicted molar refractivity (Wildman–Crippen MR) is 56.0 cm³/mol. The molecule has 0 spiro atoms. The smallest absolute Gasteiger partial charge is 0.165 e. The summed E-state index contributed by atoms with van der Waals surface area (Å²) in [5, 5.41) is 0. The van der Waals surface area contributed by atoms with Crippen LogP contribution in [0, 0.1) is 18.8 Å². The van der Waals surface area contributed by atoms with Gasteiger partial charge in [-0.15, -0.1) is 11.8 Å². The van der Waals surface area contributed by atoms with Gasteiger partial charge in [-0.3, -0.25) is 9.78 Å². The summed E-state index contributed by atoms with van der Waals surface area (Å²) >= 11 is 0. The number of rotatable bonds is 3. The van der Waals surface area contributed by atoms with Crippen LogP contribution in [0.4, 0.5) is 0 Å². The van der Waals surface area contributed by atoms with E-state index >= 15 is 0 Å². The average molecular weight is 187 g/mol. The Hall–Kier alpha value is -1.62. The van der Waals surface area contributed by atoms with Crippen molar-refractivity contribution in [2.75, 3.05) is 0 Å². The maximum Gasteiger partial charge on any atom is 0.165 e. The molecule has 72 valence electrons. The highest BCUT2D eigenvalue weighted by Crippen LogP contribution is 2.08. The van der Waals surface area contributed by atoms with Gasteiger partial charge in [0.1, 0.15) is 0 Å². The summed E-state index contributed by atoms with van der Waals surface area (Å²) in [7, 11) is 0. The first-order valence-electron chi connectivity index (χ1n) is 4.59. The first-order valence-corrected chi connectivity index (χ1v) is 4.59. The Bertz CT molecular complexity index is 385. The molecule has 1 rings (SSSR count). The van der Waals surface area contributed by atoms with Gasteiger partial charge in [0.2, 0.25) is 0 Å². The number of nitrogens with zero attached hydrogens (tertiary/aromatic N) is 1. The molecule has 1 aromatic heterocycles. The molecule has 0 aromatic carbocycles. The summed E-state index contributed by atoms with van der Waals surface area (Å²) in [5.74, 6) is 5.77. The third-order valence-electron chi connectivity index (χ3n) is 1.99. The van der Waals surface area contributed by atoms with Crippen LogP contribution >= 0.6 is 0 Å². The van der Waals surface area contributed by atoms with Crippen molar-refractivity contribution < 1.29 is 4.79 Å². The molecule has 0 amide bonds. The van der Waals surface area contributed by atoms with Gasteiger partial charge in [-0.25, -0.2) is 0 Å². The van der Waals surface area contributed by atoms with Crippen molar-refractivity contribution >= 4 is 5.78 Å². The van der Waals surface area contributed by atoms with Crippen LogP contribution in [0.1, 0.15) is 35.7 Å². The molecule has 14 heavy (non-hydrogen) atoms. The summed E-state index contributed by atoms with van der Waals surface area (Å²) in [5.41, 5.74) is 1.69. The average Bonchev–Trinajstić information content (AvgIpc) is 2.18. The van der Waals surface area contributed by atoms with E-state index in [2.05, 4.69) is 16.8 Å². The SMILES string of the molecule is CC#CCCC(=O)c1cnccc1C. The molecule has 0 radical (unpaired) electrons. The van der Waals surface area contributed by atoms with E-state index < -0.39 is 0 Å². The molecule has 0 saturated heterocycles. The highest BCUT2D eigenvalue weighted by Gasteiger charge is 2.07. The van der Waals surface area contributed by atoms with Gasteiger partial charge in [0.25, 0.3) is 0 Å². The summed E-state index contributed by atoms with van der Waals surface area (Å²) in [6.45, 7) is 3.69. The molecule has 2 heteroatoms. The van der Waals surface area contributed by atoms with Crippen LogP contribution < -0.4 is 0 Å². The first-order chi connectivity index (χ1) is 6.75. The lowest BCUT2D eigenvalue weighted by atomic mass is 10.0. The van der Waals surface area contributed by atoms with Gasteiger partial charge in [-0.2, -0.15) is 0 Å². The zero-order valence-electron chi connectivity index (χ0n) is 8.50. The van der Waals surface area contributed by atoms with E-state index in [9.17, 15) is 4.79 Å². The molecule has 0 fully saturated rings. The van der Waals surface area contributed by atoms with Crippen molar-refractivity contribution in [1.29, 1.82) is 0 Å². The Labute approximate surface area is 84.4 Å². The number of hydrogen-bond acceptors (Lipinski definition) is 2. The normalized spacial score (nSPS) is 9.00. The highest BCUT2D eigenvalue weighted by molar-refractivity contribution is 5.97. The number of ketones is 1.